The van der Waals surface area contributed by atoms with Gasteiger partial charge in [0, 0.05) is 26.7 Å². The number of nitrogens with zero attached hydrogens (tertiary/aromatic N) is 5. The number of hydrogen-bond acceptors (Lipinski definition) is 5. The number of carboxylic acid groups (broad SMARTS) is 1. The van der Waals surface area contributed by atoms with Gasteiger partial charge in [0.1, 0.15) is 11.5 Å². The van der Waals surface area contributed by atoms with Crippen molar-refractivity contribution in [3.8, 4) is 11.4 Å². The molecule has 3 heterocycles. The first-order valence-electron chi connectivity index (χ1n) is 9.55. The average molecular weight is 370 g/mol. The highest BCUT2D eigenvalue weighted by Crippen LogP contribution is 2.42. The van der Waals surface area contributed by atoms with Gasteiger partial charge in [0.15, 0.2) is 0 Å². The van der Waals surface area contributed by atoms with Crippen LogP contribution in [-0.4, -0.2) is 55.7 Å². The van der Waals surface area contributed by atoms with E-state index >= 15 is 0 Å². The highest BCUT2D eigenvalue weighted by Gasteiger charge is 2.41. The van der Waals surface area contributed by atoms with Crippen LogP contribution in [0.2, 0.25) is 0 Å². The Balaban J connectivity index is 1.25. The normalized spacial score (nSPS) is 24.2. The third-order valence-corrected chi connectivity index (χ3v) is 6.01. The molecule has 8 heteroatoms. The molecule has 0 aromatic carbocycles. The molecule has 144 valence electrons. The number of rotatable bonds is 5. The Hall–Kier alpha value is -2.64. The molecule has 1 saturated carbocycles. The van der Waals surface area contributed by atoms with Crippen molar-refractivity contribution < 1.29 is 9.90 Å². The van der Waals surface area contributed by atoms with Crippen LogP contribution in [0.4, 0.5) is 10.6 Å². The van der Waals surface area contributed by atoms with E-state index in [4.69, 9.17) is 5.11 Å². The van der Waals surface area contributed by atoms with Crippen LogP contribution in [-0.2, 0) is 7.05 Å². The zero-order valence-electron chi connectivity index (χ0n) is 15.8. The Morgan fingerprint density at radius 1 is 1.26 bits per heavy atom. The van der Waals surface area contributed by atoms with Gasteiger partial charge in [0.25, 0.3) is 0 Å². The number of amides is 1. The van der Waals surface area contributed by atoms with Crippen molar-refractivity contribution in [3.63, 3.8) is 0 Å². The molecule has 2 atom stereocenters. The molecule has 0 radical (unpaired) electrons. The maximum Gasteiger partial charge on any atom is 0.407 e. The van der Waals surface area contributed by atoms with Crippen molar-refractivity contribution in [3.05, 3.63) is 23.9 Å². The molecule has 2 unspecified atom stereocenters. The van der Waals surface area contributed by atoms with Gasteiger partial charge in [-0.2, -0.15) is 5.10 Å². The fourth-order valence-corrected chi connectivity index (χ4v) is 4.69. The Labute approximate surface area is 158 Å². The van der Waals surface area contributed by atoms with E-state index in [0.717, 1.165) is 48.6 Å². The number of anilines is 1. The van der Waals surface area contributed by atoms with E-state index in [9.17, 15) is 4.79 Å². The highest BCUT2D eigenvalue weighted by molar-refractivity contribution is 5.65. The number of hydrogen-bond donors (Lipinski definition) is 2. The summed E-state index contributed by atoms with van der Waals surface area (Å²) in [4.78, 5) is 12.7. The molecular formula is C19H26N6O2. The lowest BCUT2D eigenvalue weighted by atomic mass is 10.0. The molecule has 2 N–H and O–H groups in total. The number of likely N-dealkylation sites (tertiary alicyclic amines) is 1. The van der Waals surface area contributed by atoms with E-state index in [1.54, 1.807) is 4.90 Å². The van der Waals surface area contributed by atoms with Crippen LogP contribution >= 0.6 is 0 Å². The minimum atomic E-state index is -0.772. The average Bonchev–Trinajstić information content (AvgIpc) is 3.29. The summed E-state index contributed by atoms with van der Waals surface area (Å²) >= 11 is 0. The largest absolute Gasteiger partial charge is 0.465 e. The maximum absolute atomic E-state index is 11.1. The fourth-order valence-electron chi connectivity index (χ4n) is 4.69. The van der Waals surface area contributed by atoms with Gasteiger partial charge in [-0.1, -0.05) is 0 Å². The van der Waals surface area contributed by atoms with Crippen LogP contribution in [0.3, 0.4) is 0 Å². The summed E-state index contributed by atoms with van der Waals surface area (Å²) in [6.45, 7) is 4.31. The Morgan fingerprint density at radius 3 is 2.56 bits per heavy atom. The first-order valence-corrected chi connectivity index (χ1v) is 9.55. The van der Waals surface area contributed by atoms with Crippen molar-refractivity contribution in [2.75, 3.05) is 25.0 Å². The summed E-state index contributed by atoms with van der Waals surface area (Å²) in [7, 11) is 1.91. The first-order chi connectivity index (χ1) is 13.0. The molecular weight excluding hydrogens is 344 g/mol. The van der Waals surface area contributed by atoms with E-state index in [1.807, 2.05) is 37.0 Å². The Kier molecular flexibility index (Phi) is 4.72. The van der Waals surface area contributed by atoms with Gasteiger partial charge in [0.05, 0.1) is 11.9 Å². The second-order valence-corrected chi connectivity index (χ2v) is 7.86. The second kappa shape index (κ2) is 7.17. The first kappa shape index (κ1) is 17.8. The summed E-state index contributed by atoms with van der Waals surface area (Å²) in [6, 6.07) is 3.93. The molecule has 2 aromatic heterocycles. The summed E-state index contributed by atoms with van der Waals surface area (Å²) in [5.74, 6) is 2.56. The van der Waals surface area contributed by atoms with Crippen LogP contribution in [0.1, 0.15) is 24.8 Å². The molecule has 1 saturated heterocycles. The number of aromatic nitrogens is 4. The van der Waals surface area contributed by atoms with Gasteiger partial charge >= 0.3 is 6.09 Å². The van der Waals surface area contributed by atoms with Gasteiger partial charge < -0.3 is 15.3 Å². The predicted molar refractivity (Wildman–Crippen MR) is 101 cm³/mol. The van der Waals surface area contributed by atoms with Gasteiger partial charge in [-0.25, -0.2) is 4.79 Å². The molecule has 2 aromatic rings. The lowest BCUT2D eigenvalue weighted by molar-refractivity contribution is 0.151. The number of nitrogens with one attached hydrogen (secondary N) is 1. The maximum atomic E-state index is 11.1. The van der Waals surface area contributed by atoms with E-state index in [2.05, 4.69) is 20.6 Å². The van der Waals surface area contributed by atoms with Gasteiger partial charge in [-0.05, 0) is 61.6 Å². The van der Waals surface area contributed by atoms with Crippen molar-refractivity contribution in [2.45, 2.75) is 26.2 Å². The Bertz CT molecular complexity index is 785. The molecule has 2 aliphatic rings. The standard InChI is InChI=1S/C19H26N6O2/c1-12-9-21-24(2)18(12)16-3-4-17(23-22-16)20-6-5-13-7-14-10-25(19(26)27)11-15(14)8-13/h3-4,9,13-15H,5-8,10-11H2,1-2H3,(H,20,23)(H,26,27). The number of fused-ring (bicyclic) bond motifs is 1. The van der Waals surface area contributed by atoms with Crippen molar-refractivity contribution >= 4 is 11.9 Å². The SMILES string of the molecule is Cc1cnn(C)c1-c1ccc(NCCC2CC3CN(C(=O)O)CC3C2)nn1. The quantitative estimate of drug-likeness (QED) is 0.840. The monoisotopic (exact) mass is 370 g/mol. The van der Waals surface area contributed by atoms with Crippen LogP contribution in [0.15, 0.2) is 18.3 Å². The molecule has 4 rings (SSSR count). The smallest absolute Gasteiger partial charge is 0.407 e. The number of aryl methyl sites for hydroxylation is 2. The summed E-state index contributed by atoms with van der Waals surface area (Å²) < 4.78 is 1.81. The third kappa shape index (κ3) is 3.61. The molecule has 0 bridgehead atoms. The topological polar surface area (TPSA) is 96.2 Å². The summed E-state index contributed by atoms with van der Waals surface area (Å²) in [5, 5.41) is 25.3. The molecule has 1 aliphatic carbocycles. The molecule has 8 nitrogen and oxygen atoms in total. The van der Waals surface area contributed by atoms with Gasteiger partial charge in [0.2, 0.25) is 0 Å². The fraction of sp³-hybridized carbons (Fsp3) is 0.579. The van der Waals surface area contributed by atoms with E-state index in [0.29, 0.717) is 30.8 Å². The van der Waals surface area contributed by atoms with E-state index in [1.165, 1.54) is 0 Å². The molecule has 1 amide bonds. The van der Waals surface area contributed by atoms with Crippen LogP contribution in [0, 0.1) is 24.7 Å². The van der Waals surface area contributed by atoms with Crippen LogP contribution in [0.5, 0.6) is 0 Å². The van der Waals surface area contributed by atoms with Crippen molar-refractivity contribution in [2.24, 2.45) is 24.8 Å². The van der Waals surface area contributed by atoms with E-state index in [-0.39, 0.29) is 0 Å². The molecule has 2 fully saturated rings. The lowest BCUT2D eigenvalue weighted by Gasteiger charge is -2.16. The lowest BCUT2D eigenvalue weighted by Crippen LogP contribution is -2.28. The minimum absolute atomic E-state index is 0.548. The number of carbonyl (C=O) groups is 1. The van der Waals surface area contributed by atoms with Crippen LogP contribution in [0.25, 0.3) is 11.4 Å². The third-order valence-electron chi connectivity index (χ3n) is 6.01. The van der Waals surface area contributed by atoms with Gasteiger partial charge in [-0.3, -0.25) is 4.68 Å². The zero-order chi connectivity index (χ0) is 19.0. The van der Waals surface area contributed by atoms with Crippen molar-refractivity contribution in [1.82, 2.24) is 24.9 Å². The summed E-state index contributed by atoms with van der Waals surface area (Å²) in [6.07, 6.45) is 4.42. The van der Waals surface area contributed by atoms with Crippen molar-refractivity contribution in [1.29, 1.82) is 0 Å². The highest BCUT2D eigenvalue weighted by atomic mass is 16.4. The Morgan fingerprint density at radius 2 is 2.00 bits per heavy atom. The summed E-state index contributed by atoms with van der Waals surface area (Å²) in [5.41, 5.74) is 2.90. The molecule has 27 heavy (non-hydrogen) atoms. The van der Waals surface area contributed by atoms with Gasteiger partial charge in [-0.15, -0.1) is 10.2 Å². The zero-order valence-corrected chi connectivity index (χ0v) is 15.8. The predicted octanol–water partition coefficient (Wildman–Crippen LogP) is 2.62. The second-order valence-electron chi connectivity index (χ2n) is 7.86. The molecule has 1 aliphatic heterocycles. The minimum Gasteiger partial charge on any atom is -0.465 e. The van der Waals surface area contributed by atoms with Crippen LogP contribution < -0.4 is 5.32 Å². The van der Waals surface area contributed by atoms with E-state index < -0.39 is 6.09 Å². The molecule has 0 spiro atoms.